The number of aromatic nitrogens is 1. The van der Waals surface area contributed by atoms with Crippen LogP contribution in [-0.2, 0) is 11.3 Å². The van der Waals surface area contributed by atoms with Crippen molar-refractivity contribution in [2.24, 2.45) is 0 Å². The van der Waals surface area contributed by atoms with E-state index in [-0.39, 0.29) is 17.9 Å². The second-order valence-electron chi connectivity index (χ2n) is 4.62. The van der Waals surface area contributed by atoms with Gasteiger partial charge in [0.1, 0.15) is 6.61 Å². The van der Waals surface area contributed by atoms with Crippen molar-refractivity contribution in [1.82, 2.24) is 10.5 Å². The molecule has 9 heteroatoms. The second-order valence-corrected chi connectivity index (χ2v) is 4.62. The van der Waals surface area contributed by atoms with Gasteiger partial charge in [0.2, 0.25) is 0 Å². The first-order valence-corrected chi connectivity index (χ1v) is 6.47. The number of rotatable bonds is 6. The molecule has 0 spiro atoms. The van der Waals surface area contributed by atoms with Crippen molar-refractivity contribution in [2.45, 2.75) is 12.6 Å². The summed E-state index contributed by atoms with van der Waals surface area (Å²) in [6, 6.07) is 1.56. The number of halogens is 3. The third-order valence-corrected chi connectivity index (χ3v) is 2.97. The molecule has 23 heavy (non-hydrogen) atoms. The number of carbonyl (C=O) groups is 1. The van der Waals surface area contributed by atoms with Crippen molar-refractivity contribution >= 4 is 5.91 Å². The predicted molar refractivity (Wildman–Crippen MR) is 70.8 cm³/mol. The summed E-state index contributed by atoms with van der Waals surface area (Å²) in [6.07, 6.45) is 0. The molecule has 2 aromatic rings. The summed E-state index contributed by atoms with van der Waals surface area (Å²) in [6.45, 7) is -0.545. The van der Waals surface area contributed by atoms with Crippen LogP contribution >= 0.6 is 0 Å². The zero-order valence-corrected chi connectivity index (χ0v) is 12.0. The lowest BCUT2D eigenvalue weighted by Gasteiger charge is -2.16. The standard InChI is InChI=1S/C14H13F3N2O4/c1-22-6-8-4-11(19-23-8)14(21)18-12(5-20)7-2-9(15)13(17)10(16)3-7/h2-4,12,20H,5-6H2,1H3,(H,18,21). The fourth-order valence-electron chi connectivity index (χ4n) is 1.87. The minimum Gasteiger partial charge on any atom is -0.394 e. The van der Waals surface area contributed by atoms with E-state index in [0.717, 1.165) is 0 Å². The number of nitrogens with zero attached hydrogens (tertiary/aromatic N) is 1. The Morgan fingerprint density at radius 1 is 1.35 bits per heavy atom. The van der Waals surface area contributed by atoms with Gasteiger partial charge >= 0.3 is 0 Å². The topological polar surface area (TPSA) is 84.6 Å². The van der Waals surface area contributed by atoms with Crippen molar-refractivity contribution in [2.75, 3.05) is 13.7 Å². The number of benzene rings is 1. The van der Waals surface area contributed by atoms with Crippen molar-refractivity contribution in [3.05, 3.63) is 52.7 Å². The van der Waals surface area contributed by atoms with Crippen molar-refractivity contribution in [3.63, 3.8) is 0 Å². The Morgan fingerprint density at radius 2 is 2.00 bits per heavy atom. The molecule has 1 atom stereocenters. The monoisotopic (exact) mass is 330 g/mol. The van der Waals surface area contributed by atoms with Gasteiger partial charge in [-0.15, -0.1) is 0 Å². The largest absolute Gasteiger partial charge is 0.394 e. The smallest absolute Gasteiger partial charge is 0.274 e. The first kappa shape index (κ1) is 17.0. The van der Waals surface area contributed by atoms with Crippen LogP contribution in [0.3, 0.4) is 0 Å². The Hall–Kier alpha value is -2.39. The van der Waals surface area contributed by atoms with E-state index in [0.29, 0.717) is 17.9 Å². The molecule has 0 aliphatic heterocycles. The van der Waals surface area contributed by atoms with Crippen molar-refractivity contribution in [3.8, 4) is 0 Å². The molecule has 6 nitrogen and oxygen atoms in total. The highest BCUT2D eigenvalue weighted by Gasteiger charge is 2.21. The van der Waals surface area contributed by atoms with Crippen LogP contribution in [0.25, 0.3) is 0 Å². The average Bonchev–Trinajstić information content (AvgIpc) is 2.98. The molecule has 0 saturated heterocycles. The number of nitrogens with one attached hydrogen (secondary N) is 1. The van der Waals surface area contributed by atoms with Gasteiger partial charge in [-0.3, -0.25) is 4.79 Å². The lowest BCUT2D eigenvalue weighted by molar-refractivity contribution is 0.0906. The third kappa shape index (κ3) is 3.88. The fraction of sp³-hybridized carbons (Fsp3) is 0.286. The minimum atomic E-state index is -1.63. The van der Waals surface area contributed by atoms with Gasteiger partial charge in [0.25, 0.3) is 5.91 Å². The molecule has 2 N–H and O–H groups in total. The van der Waals surface area contributed by atoms with E-state index < -0.39 is 36.0 Å². The van der Waals surface area contributed by atoms with E-state index in [2.05, 4.69) is 10.5 Å². The molecular weight excluding hydrogens is 317 g/mol. The Kier molecular flexibility index (Phi) is 5.35. The van der Waals surface area contributed by atoms with Crippen LogP contribution in [0.1, 0.15) is 27.9 Å². The first-order chi connectivity index (χ1) is 11.0. The Morgan fingerprint density at radius 3 is 2.57 bits per heavy atom. The van der Waals surface area contributed by atoms with Gasteiger partial charge in [-0.25, -0.2) is 13.2 Å². The van der Waals surface area contributed by atoms with Crippen LogP contribution in [0.5, 0.6) is 0 Å². The number of amides is 1. The summed E-state index contributed by atoms with van der Waals surface area (Å²) in [4.78, 5) is 12.0. The van der Waals surface area contributed by atoms with E-state index >= 15 is 0 Å². The highest BCUT2D eigenvalue weighted by molar-refractivity contribution is 5.92. The molecule has 0 aliphatic carbocycles. The highest BCUT2D eigenvalue weighted by atomic mass is 19.2. The predicted octanol–water partition coefficient (Wildman–Crippen LogP) is 1.70. The molecular formula is C14H13F3N2O4. The van der Waals surface area contributed by atoms with Gasteiger partial charge < -0.3 is 19.7 Å². The summed E-state index contributed by atoms with van der Waals surface area (Å²) in [5.74, 6) is -4.90. The van der Waals surface area contributed by atoms with Gasteiger partial charge in [0, 0.05) is 13.2 Å². The Bertz CT molecular complexity index is 682. The van der Waals surface area contributed by atoms with E-state index in [1.165, 1.54) is 13.2 Å². The molecule has 1 aromatic heterocycles. The average molecular weight is 330 g/mol. The van der Waals surface area contributed by atoms with Gasteiger partial charge in [-0.05, 0) is 17.7 Å². The van der Waals surface area contributed by atoms with Crippen LogP contribution in [-0.4, -0.2) is 29.9 Å². The lowest BCUT2D eigenvalue weighted by atomic mass is 10.1. The van der Waals surface area contributed by atoms with Crippen LogP contribution < -0.4 is 5.32 Å². The third-order valence-electron chi connectivity index (χ3n) is 2.97. The molecule has 0 radical (unpaired) electrons. The Balaban J connectivity index is 2.16. The summed E-state index contributed by atoms with van der Waals surface area (Å²) < 4.78 is 49.1. The number of methoxy groups -OCH3 is 1. The molecule has 1 aromatic carbocycles. The van der Waals surface area contributed by atoms with Gasteiger partial charge in [0.15, 0.2) is 28.9 Å². The van der Waals surface area contributed by atoms with Crippen LogP contribution in [0, 0.1) is 17.5 Å². The number of aliphatic hydroxyl groups is 1. The fourth-order valence-corrected chi connectivity index (χ4v) is 1.87. The molecule has 0 aliphatic rings. The quantitative estimate of drug-likeness (QED) is 0.788. The van der Waals surface area contributed by atoms with Gasteiger partial charge in [0.05, 0.1) is 12.6 Å². The number of carbonyl (C=O) groups excluding carboxylic acids is 1. The molecule has 0 bridgehead atoms. The normalized spacial score (nSPS) is 12.2. The van der Waals surface area contributed by atoms with Crippen LogP contribution in [0.4, 0.5) is 13.2 Å². The summed E-state index contributed by atoms with van der Waals surface area (Å²) in [5.41, 5.74) is -0.226. The van der Waals surface area contributed by atoms with E-state index in [1.54, 1.807) is 0 Å². The van der Waals surface area contributed by atoms with Gasteiger partial charge in [-0.2, -0.15) is 0 Å². The van der Waals surface area contributed by atoms with E-state index in [9.17, 15) is 23.1 Å². The molecule has 1 heterocycles. The maximum absolute atomic E-state index is 13.2. The maximum atomic E-state index is 13.2. The minimum absolute atomic E-state index is 0.0986. The van der Waals surface area contributed by atoms with Crippen LogP contribution in [0.2, 0.25) is 0 Å². The number of hydrogen-bond donors (Lipinski definition) is 2. The van der Waals surface area contributed by atoms with Crippen molar-refractivity contribution < 1.29 is 32.3 Å². The summed E-state index contributed by atoms with van der Waals surface area (Å²) >= 11 is 0. The Labute approximate surface area is 128 Å². The lowest BCUT2D eigenvalue weighted by Crippen LogP contribution is -2.31. The highest BCUT2D eigenvalue weighted by Crippen LogP contribution is 2.19. The zero-order valence-electron chi connectivity index (χ0n) is 12.0. The summed E-state index contributed by atoms with van der Waals surface area (Å²) in [5, 5.41) is 15.1. The molecule has 2 rings (SSSR count). The number of aliphatic hydroxyl groups excluding tert-OH is 1. The maximum Gasteiger partial charge on any atom is 0.274 e. The molecule has 0 saturated carbocycles. The first-order valence-electron chi connectivity index (χ1n) is 6.47. The zero-order chi connectivity index (χ0) is 17.0. The van der Waals surface area contributed by atoms with Gasteiger partial charge in [-0.1, -0.05) is 5.16 Å². The summed E-state index contributed by atoms with van der Waals surface area (Å²) in [7, 11) is 1.43. The molecule has 124 valence electrons. The number of ether oxygens (including phenoxy) is 1. The van der Waals surface area contributed by atoms with E-state index in [1.807, 2.05) is 0 Å². The van der Waals surface area contributed by atoms with Crippen molar-refractivity contribution in [1.29, 1.82) is 0 Å². The number of hydrogen-bond acceptors (Lipinski definition) is 5. The molecule has 1 amide bonds. The molecule has 0 fully saturated rings. The molecule has 1 unspecified atom stereocenters. The SMILES string of the molecule is COCc1cc(C(=O)NC(CO)c2cc(F)c(F)c(F)c2)no1. The van der Waals surface area contributed by atoms with Crippen LogP contribution in [0.15, 0.2) is 22.7 Å². The van der Waals surface area contributed by atoms with E-state index in [4.69, 9.17) is 9.26 Å². The second kappa shape index (κ2) is 7.25.